The normalized spacial score (nSPS) is 10.4. The summed E-state index contributed by atoms with van der Waals surface area (Å²) in [6, 6.07) is 15.2. The first-order valence-corrected chi connectivity index (χ1v) is 7.88. The molecule has 0 spiro atoms. The Hall–Kier alpha value is -3.21. The number of rotatable bonds is 4. The van der Waals surface area contributed by atoms with Gasteiger partial charge in [-0.1, -0.05) is 12.1 Å². The smallest absolute Gasteiger partial charge is 0.274 e. The Balaban J connectivity index is 1.76. The third kappa shape index (κ3) is 4.20. The van der Waals surface area contributed by atoms with E-state index >= 15 is 0 Å². The van der Waals surface area contributed by atoms with E-state index in [1.165, 1.54) is 29.3 Å². The maximum absolute atomic E-state index is 13.2. The van der Waals surface area contributed by atoms with Gasteiger partial charge in [0.2, 0.25) is 0 Å². The maximum Gasteiger partial charge on any atom is 0.274 e. The zero-order valence-electron chi connectivity index (χ0n) is 14.0. The van der Waals surface area contributed by atoms with Crippen LogP contribution in [-0.2, 0) is 0 Å². The molecule has 0 saturated carbocycles. The number of aromatic nitrogens is 1. The standard InChI is InChI=1S/C20H18FN3O/c1-13-6-7-17(10-14(13)2)23-18-8-9-22-19(12-18)20(25)24-16-5-3-4-15(21)11-16/h3-12H,1-2H3,(H,22,23)(H,24,25). The van der Waals surface area contributed by atoms with E-state index in [0.29, 0.717) is 5.69 Å². The van der Waals surface area contributed by atoms with Crippen molar-refractivity contribution >= 4 is 23.0 Å². The number of hydrogen-bond donors (Lipinski definition) is 2. The number of benzene rings is 2. The Morgan fingerprint density at radius 2 is 1.72 bits per heavy atom. The van der Waals surface area contributed by atoms with Crippen LogP contribution < -0.4 is 10.6 Å². The third-order valence-electron chi connectivity index (χ3n) is 3.87. The van der Waals surface area contributed by atoms with Crippen molar-refractivity contribution in [1.82, 2.24) is 4.98 Å². The Morgan fingerprint density at radius 1 is 0.920 bits per heavy atom. The predicted octanol–water partition coefficient (Wildman–Crippen LogP) is 4.83. The number of carbonyl (C=O) groups is 1. The molecule has 2 N–H and O–H groups in total. The lowest BCUT2D eigenvalue weighted by atomic mass is 10.1. The number of amides is 1. The molecule has 0 radical (unpaired) electrons. The summed E-state index contributed by atoms with van der Waals surface area (Å²) in [5, 5.41) is 5.90. The van der Waals surface area contributed by atoms with Crippen molar-refractivity contribution in [3.8, 4) is 0 Å². The van der Waals surface area contributed by atoms with Crippen LogP contribution in [0.25, 0.3) is 0 Å². The number of aryl methyl sites for hydroxylation is 2. The minimum absolute atomic E-state index is 0.248. The SMILES string of the molecule is Cc1ccc(Nc2ccnc(C(=O)Nc3cccc(F)c3)c2)cc1C. The van der Waals surface area contributed by atoms with Crippen LogP contribution in [-0.4, -0.2) is 10.9 Å². The van der Waals surface area contributed by atoms with Crippen molar-refractivity contribution in [2.24, 2.45) is 0 Å². The highest BCUT2D eigenvalue weighted by molar-refractivity contribution is 6.03. The van der Waals surface area contributed by atoms with Crippen molar-refractivity contribution in [3.63, 3.8) is 0 Å². The van der Waals surface area contributed by atoms with Gasteiger partial charge >= 0.3 is 0 Å². The summed E-state index contributed by atoms with van der Waals surface area (Å²) in [7, 11) is 0. The average molecular weight is 335 g/mol. The second kappa shape index (κ2) is 7.13. The molecular weight excluding hydrogens is 317 g/mol. The van der Waals surface area contributed by atoms with Gasteiger partial charge in [-0.25, -0.2) is 4.39 Å². The Morgan fingerprint density at radius 3 is 2.48 bits per heavy atom. The van der Waals surface area contributed by atoms with E-state index in [0.717, 1.165) is 11.4 Å². The highest BCUT2D eigenvalue weighted by Gasteiger charge is 2.09. The Bertz CT molecular complexity index is 924. The molecule has 25 heavy (non-hydrogen) atoms. The van der Waals surface area contributed by atoms with E-state index in [9.17, 15) is 9.18 Å². The lowest BCUT2D eigenvalue weighted by molar-refractivity contribution is 0.102. The van der Waals surface area contributed by atoms with Crippen LogP contribution >= 0.6 is 0 Å². The zero-order valence-corrected chi connectivity index (χ0v) is 14.0. The fourth-order valence-electron chi connectivity index (χ4n) is 2.38. The number of carbonyl (C=O) groups excluding carboxylic acids is 1. The van der Waals surface area contributed by atoms with Gasteiger partial charge in [-0.2, -0.15) is 0 Å². The summed E-state index contributed by atoms with van der Waals surface area (Å²) in [6.07, 6.45) is 1.56. The second-order valence-corrected chi connectivity index (χ2v) is 5.82. The molecule has 1 heterocycles. The van der Waals surface area contributed by atoms with Gasteiger partial charge < -0.3 is 10.6 Å². The molecule has 3 rings (SSSR count). The van der Waals surface area contributed by atoms with Crippen LogP contribution in [0, 0.1) is 19.7 Å². The molecule has 4 nitrogen and oxygen atoms in total. The van der Waals surface area contributed by atoms with Crippen LogP contribution in [0.1, 0.15) is 21.6 Å². The molecule has 0 saturated heterocycles. The zero-order chi connectivity index (χ0) is 17.8. The van der Waals surface area contributed by atoms with Crippen LogP contribution in [0.2, 0.25) is 0 Å². The van der Waals surface area contributed by atoms with Crippen LogP contribution in [0.4, 0.5) is 21.5 Å². The monoisotopic (exact) mass is 335 g/mol. The predicted molar refractivity (Wildman–Crippen MR) is 97.8 cm³/mol. The van der Waals surface area contributed by atoms with E-state index in [2.05, 4.69) is 22.5 Å². The molecule has 2 aromatic carbocycles. The highest BCUT2D eigenvalue weighted by atomic mass is 19.1. The Labute approximate surface area is 145 Å². The molecule has 0 atom stereocenters. The number of pyridine rings is 1. The summed E-state index contributed by atoms with van der Waals surface area (Å²) >= 11 is 0. The quantitative estimate of drug-likeness (QED) is 0.718. The van der Waals surface area contributed by atoms with Gasteiger partial charge in [-0.3, -0.25) is 9.78 Å². The van der Waals surface area contributed by atoms with Crippen LogP contribution in [0.5, 0.6) is 0 Å². The van der Waals surface area contributed by atoms with E-state index in [-0.39, 0.29) is 5.69 Å². The minimum Gasteiger partial charge on any atom is -0.355 e. The summed E-state index contributed by atoms with van der Waals surface area (Å²) in [5.41, 5.74) is 4.73. The van der Waals surface area contributed by atoms with Crippen molar-refractivity contribution in [3.05, 3.63) is 83.4 Å². The van der Waals surface area contributed by atoms with E-state index < -0.39 is 11.7 Å². The van der Waals surface area contributed by atoms with Gasteiger partial charge in [-0.15, -0.1) is 0 Å². The number of halogens is 1. The maximum atomic E-state index is 13.2. The molecule has 3 aromatic rings. The number of hydrogen-bond acceptors (Lipinski definition) is 3. The van der Waals surface area contributed by atoms with Crippen molar-refractivity contribution < 1.29 is 9.18 Å². The number of anilines is 3. The first-order chi connectivity index (χ1) is 12.0. The van der Waals surface area contributed by atoms with Gasteiger partial charge in [0.25, 0.3) is 5.91 Å². The molecule has 1 amide bonds. The molecule has 0 bridgehead atoms. The van der Waals surface area contributed by atoms with Gasteiger partial charge in [0.05, 0.1) is 0 Å². The molecule has 0 fully saturated rings. The molecule has 0 aliphatic carbocycles. The molecule has 0 aliphatic heterocycles. The number of nitrogens with zero attached hydrogens (tertiary/aromatic N) is 1. The molecule has 126 valence electrons. The van der Waals surface area contributed by atoms with Gasteiger partial charge in [-0.05, 0) is 67.4 Å². The lowest BCUT2D eigenvalue weighted by Gasteiger charge is -2.10. The van der Waals surface area contributed by atoms with Crippen LogP contribution in [0.15, 0.2) is 60.8 Å². The Kier molecular flexibility index (Phi) is 4.75. The fourth-order valence-corrected chi connectivity index (χ4v) is 2.38. The third-order valence-corrected chi connectivity index (χ3v) is 3.87. The summed E-state index contributed by atoms with van der Waals surface area (Å²) in [4.78, 5) is 16.4. The molecule has 0 aliphatic rings. The largest absolute Gasteiger partial charge is 0.355 e. The lowest BCUT2D eigenvalue weighted by Crippen LogP contribution is -2.13. The first-order valence-electron chi connectivity index (χ1n) is 7.88. The van der Waals surface area contributed by atoms with Crippen molar-refractivity contribution in [2.75, 3.05) is 10.6 Å². The van der Waals surface area contributed by atoms with Gasteiger partial charge in [0.15, 0.2) is 0 Å². The minimum atomic E-state index is -0.407. The van der Waals surface area contributed by atoms with E-state index in [1.54, 1.807) is 24.4 Å². The molecular formula is C20H18FN3O. The topological polar surface area (TPSA) is 54.0 Å². The average Bonchev–Trinajstić information content (AvgIpc) is 2.58. The van der Waals surface area contributed by atoms with Crippen molar-refractivity contribution in [2.45, 2.75) is 13.8 Å². The first kappa shape index (κ1) is 16.6. The number of nitrogens with one attached hydrogen (secondary N) is 2. The second-order valence-electron chi connectivity index (χ2n) is 5.82. The summed E-state index contributed by atoms with van der Waals surface area (Å²) < 4.78 is 13.2. The van der Waals surface area contributed by atoms with Gasteiger partial charge in [0, 0.05) is 23.3 Å². The summed E-state index contributed by atoms with van der Waals surface area (Å²) in [6.45, 7) is 4.10. The van der Waals surface area contributed by atoms with Gasteiger partial charge in [0.1, 0.15) is 11.5 Å². The summed E-state index contributed by atoms with van der Waals surface area (Å²) in [5.74, 6) is -0.801. The molecule has 1 aromatic heterocycles. The van der Waals surface area contributed by atoms with Crippen molar-refractivity contribution in [1.29, 1.82) is 0 Å². The van der Waals surface area contributed by atoms with Crippen LogP contribution in [0.3, 0.4) is 0 Å². The fraction of sp³-hybridized carbons (Fsp3) is 0.100. The van der Waals surface area contributed by atoms with E-state index in [1.807, 2.05) is 25.1 Å². The molecule has 5 heteroatoms. The molecule has 0 unspecified atom stereocenters. The van der Waals surface area contributed by atoms with E-state index in [4.69, 9.17) is 0 Å². The highest BCUT2D eigenvalue weighted by Crippen LogP contribution is 2.20.